The Morgan fingerprint density at radius 3 is 2.49 bits per heavy atom. The second-order valence-corrected chi connectivity index (χ2v) is 10.5. The average Bonchev–Trinajstić information content (AvgIpc) is 3.23. The molecule has 1 aliphatic rings. The van der Waals surface area contributed by atoms with E-state index in [1.54, 1.807) is 7.05 Å². The lowest BCUT2D eigenvalue weighted by Gasteiger charge is -2.28. The second kappa shape index (κ2) is 9.50. The molecule has 180 valence electrons. The van der Waals surface area contributed by atoms with Crippen molar-refractivity contribution in [2.75, 3.05) is 12.3 Å². The molecule has 3 heterocycles. The van der Waals surface area contributed by atoms with Crippen LogP contribution in [0.25, 0.3) is 11.2 Å². The van der Waals surface area contributed by atoms with Crippen molar-refractivity contribution in [2.45, 2.75) is 24.7 Å². The molecule has 1 amide bonds. The monoisotopic (exact) mass is 553 g/mol. The number of benzene rings is 2. The molecule has 0 bridgehead atoms. The lowest BCUT2D eigenvalue weighted by Crippen LogP contribution is -2.37. The molecule has 0 saturated heterocycles. The quantitative estimate of drug-likeness (QED) is 0.355. The van der Waals surface area contributed by atoms with Crippen molar-refractivity contribution in [3.05, 3.63) is 90.5 Å². The summed E-state index contributed by atoms with van der Waals surface area (Å²) in [5.74, 6) is 0.216. The maximum atomic E-state index is 13.1. The Kier molecular flexibility index (Phi) is 6.41. The Morgan fingerprint density at radius 1 is 1.03 bits per heavy atom. The number of thioether (sulfide) groups is 1. The number of imidazole rings is 1. The van der Waals surface area contributed by atoms with Gasteiger partial charge in [0.25, 0.3) is 5.56 Å². The SMILES string of the molecule is Cn1c(=O)c2c(nc(SCC(=O)N3CCc4ccccc4C3)n2Cc2ccc(Br)cc2)n(C)c1=O. The number of rotatable bonds is 5. The van der Waals surface area contributed by atoms with Crippen molar-refractivity contribution >= 4 is 44.8 Å². The fraction of sp³-hybridized carbons (Fsp3) is 0.280. The summed E-state index contributed by atoms with van der Waals surface area (Å²) in [5, 5.41) is 0.534. The van der Waals surface area contributed by atoms with Crippen LogP contribution in [0.5, 0.6) is 0 Å². The number of carbonyl (C=O) groups is 1. The van der Waals surface area contributed by atoms with Crippen LogP contribution in [0.1, 0.15) is 16.7 Å². The zero-order chi connectivity index (χ0) is 24.7. The smallest absolute Gasteiger partial charge is 0.332 e. The van der Waals surface area contributed by atoms with E-state index in [1.807, 2.05) is 45.9 Å². The highest BCUT2D eigenvalue weighted by Gasteiger charge is 2.23. The van der Waals surface area contributed by atoms with Gasteiger partial charge < -0.3 is 9.47 Å². The summed E-state index contributed by atoms with van der Waals surface area (Å²) in [5.41, 5.74) is 3.27. The molecule has 35 heavy (non-hydrogen) atoms. The number of hydrogen-bond donors (Lipinski definition) is 0. The van der Waals surface area contributed by atoms with Gasteiger partial charge >= 0.3 is 5.69 Å². The fourth-order valence-electron chi connectivity index (χ4n) is 4.38. The number of carbonyl (C=O) groups excluding carboxylic acids is 1. The van der Waals surface area contributed by atoms with E-state index in [-0.39, 0.29) is 11.7 Å². The summed E-state index contributed by atoms with van der Waals surface area (Å²) in [7, 11) is 3.07. The maximum Gasteiger partial charge on any atom is 0.332 e. The number of hydrogen-bond acceptors (Lipinski definition) is 5. The van der Waals surface area contributed by atoms with Gasteiger partial charge in [-0.05, 0) is 35.2 Å². The van der Waals surface area contributed by atoms with Crippen molar-refractivity contribution in [1.82, 2.24) is 23.6 Å². The summed E-state index contributed by atoms with van der Waals surface area (Å²) < 4.78 is 5.23. The third-order valence-electron chi connectivity index (χ3n) is 6.37. The predicted molar refractivity (Wildman–Crippen MR) is 140 cm³/mol. The standard InChI is InChI=1S/C25H24BrN5O3S/c1-28-22-21(23(33)29(2)25(28)34)31(13-16-7-9-19(26)10-8-16)24(27-22)35-15-20(32)30-12-11-17-5-3-4-6-18(17)14-30/h3-10H,11-15H2,1-2H3. The van der Waals surface area contributed by atoms with Crippen LogP contribution >= 0.6 is 27.7 Å². The molecule has 2 aromatic carbocycles. The van der Waals surface area contributed by atoms with Gasteiger partial charge in [-0.15, -0.1) is 0 Å². The normalized spacial score (nSPS) is 13.3. The Bertz CT molecular complexity index is 1550. The van der Waals surface area contributed by atoms with E-state index >= 15 is 0 Å². The number of fused-ring (bicyclic) bond motifs is 2. The van der Waals surface area contributed by atoms with E-state index in [0.29, 0.717) is 36.0 Å². The lowest BCUT2D eigenvalue weighted by molar-refractivity contribution is -0.129. The topological polar surface area (TPSA) is 82.1 Å². The molecule has 4 aromatic rings. The Hall–Kier alpha value is -3.11. The van der Waals surface area contributed by atoms with Crippen LogP contribution in [-0.4, -0.2) is 41.8 Å². The first-order chi connectivity index (χ1) is 16.8. The van der Waals surface area contributed by atoms with Crippen LogP contribution in [0.4, 0.5) is 0 Å². The van der Waals surface area contributed by atoms with Gasteiger partial charge in [-0.1, -0.05) is 64.1 Å². The van der Waals surface area contributed by atoms with Crippen LogP contribution in [-0.2, 0) is 38.4 Å². The zero-order valence-electron chi connectivity index (χ0n) is 19.4. The van der Waals surface area contributed by atoms with Crippen molar-refractivity contribution in [3.8, 4) is 0 Å². The Balaban J connectivity index is 1.47. The largest absolute Gasteiger partial charge is 0.337 e. The maximum absolute atomic E-state index is 13.1. The van der Waals surface area contributed by atoms with E-state index < -0.39 is 11.2 Å². The minimum Gasteiger partial charge on any atom is -0.337 e. The van der Waals surface area contributed by atoms with E-state index in [0.717, 1.165) is 21.0 Å². The highest BCUT2D eigenvalue weighted by molar-refractivity contribution is 9.10. The Morgan fingerprint density at radius 2 is 1.74 bits per heavy atom. The van der Waals surface area contributed by atoms with Gasteiger partial charge in [-0.25, -0.2) is 9.78 Å². The molecule has 1 aliphatic heterocycles. The molecule has 5 rings (SSSR count). The Labute approximate surface area is 214 Å². The van der Waals surface area contributed by atoms with E-state index in [9.17, 15) is 14.4 Å². The van der Waals surface area contributed by atoms with Crippen molar-refractivity contribution < 1.29 is 4.79 Å². The van der Waals surface area contributed by atoms with E-state index in [2.05, 4.69) is 33.0 Å². The number of aryl methyl sites for hydroxylation is 1. The first-order valence-electron chi connectivity index (χ1n) is 11.2. The van der Waals surface area contributed by atoms with Crippen LogP contribution in [0.3, 0.4) is 0 Å². The molecule has 2 aromatic heterocycles. The molecule has 10 heteroatoms. The number of aromatic nitrogens is 4. The summed E-state index contributed by atoms with van der Waals surface area (Å²) in [6, 6.07) is 16.0. The van der Waals surface area contributed by atoms with Gasteiger partial charge in [0, 0.05) is 31.7 Å². The van der Waals surface area contributed by atoms with Crippen LogP contribution in [0.15, 0.2) is 67.7 Å². The lowest BCUT2D eigenvalue weighted by atomic mass is 10.00. The fourth-order valence-corrected chi connectivity index (χ4v) is 5.54. The summed E-state index contributed by atoms with van der Waals surface area (Å²) in [4.78, 5) is 45.2. The van der Waals surface area contributed by atoms with Gasteiger partial charge in [-0.3, -0.25) is 18.7 Å². The molecule has 0 saturated carbocycles. The van der Waals surface area contributed by atoms with Gasteiger partial charge in [0.15, 0.2) is 16.3 Å². The van der Waals surface area contributed by atoms with Gasteiger partial charge in [0.1, 0.15) is 0 Å². The van der Waals surface area contributed by atoms with Crippen LogP contribution in [0.2, 0.25) is 0 Å². The van der Waals surface area contributed by atoms with Crippen molar-refractivity contribution in [2.24, 2.45) is 14.1 Å². The van der Waals surface area contributed by atoms with Crippen molar-refractivity contribution in [1.29, 1.82) is 0 Å². The second-order valence-electron chi connectivity index (χ2n) is 8.61. The van der Waals surface area contributed by atoms with E-state index in [1.165, 1.54) is 34.5 Å². The molecule has 8 nitrogen and oxygen atoms in total. The molecule has 0 unspecified atom stereocenters. The van der Waals surface area contributed by atoms with Gasteiger partial charge in [-0.2, -0.15) is 0 Å². The number of halogens is 1. The molecular formula is C25H24BrN5O3S. The average molecular weight is 554 g/mol. The highest BCUT2D eigenvalue weighted by atomic mass is 79.9. The molecule has 0 spiro atoms. The number of amides is 1. The molecule has 0 fully saturated rings. The van der Waals surface area contributed by atoms with E-state index in [4.69, 9.17) is 0 Å². The third kappa shape index (κ3) is 4.48. The zero-order valence-corrected chi connectivity index (χ0v) is 21.8. The molecule has 0 N–H and O–H groups in total. The highest BCUT2D eigenvalue weighted by Crippen LogP contribution is 2.25. The summed E-state index contributed by atoms with van der Waals surface area (Å²) in [6.07, 6.45) is 0.840. The molecule has 0 atom stereocenters. The minimum atomic E-state index is -0.435. The minimum absolute atomic E-state index is 0.0218. The van der Waals surface area contributed by atoms with Crippen molar-refractivity contribution in [3.63, 3.8) is 0 Å². The first kappa shape index (κ1) is 23.6. The van der Waals surface area contributed by atoms with Gasteiger partial charge in [0.05, 0.1) is 12.3 Å². The van der Waals surface area contributed by atoms with Gasteiger partial charge in [0.2, 0.25) is 5.91 Å². The van der Waals surface area contributed by atoms with Crippen LogP contribution in [0, 0.1) is 0 Å². The summed E-state index contributed by atoms with van der Waals surface area (Å²) >= 11 is 4.74. The first-order valence-corrected chi connectivity index (χ1v) is 13.0. The number of nitrogens with zero attached hydrogens (tertiary/aromatic N) is 5. The summed E-state index contributed by atoms with van der Waals surface area (Å²) in [6.45, 7) is 1.67. The predicted octanol–water partition coefficient (Wildman–Crippen LogP) is 2.92. The third-order valence-corrected chi connectivity index (χ3v) is 7.86. The molecule has 0 radical (unpaired) electrons. The van der Waals surface area contributed by atoms with Crippen LogP contribution < -0.4 is 11.2 Å². The molecular weight excluding hydrogens is 530 g/mol. The molecule has 0 aliphatic carbocycles.